The maximum absolute atomic E-state index is 5.15. The molecule has 0 amide bonds. The van der Waals surface area contributed by atoms with Crippen molar-refractivity contribution in [2.24, 2.45) is 0 Å². The standard InChI is InChI=1S/C11H12N3O/c1-8-11(13-14-12-8)7-9-4-3-5-10(6-9)15-2/h3-6H,1,7H2,2H3,(H,12,13,14). The molecule has 2 rings (SSSR count). The van der Waals surface area contributed by atoms with Gasteiger partial charge in [0.1, 0.15) is 5.75 Å². The average molecular weight is 202 g/mol. The lowest BCUT2D eigenvalue weighted by Crippen LogP contribution is -1.92. The molecule has 0 fully saturated rings. The van der Waals surface area contributed by atoms with E-state index in [1.807, 2.05) is 24.3 Å². The summed E-state index contributed by atoms with van der Waals surface area (Å²) >= 11 is 0. The summed E-state index contributed by atoms with van der Waals surface area (Å²) in [5.41, 5.74) is 2.77. The molecule has 1 N–H and O–H groups in total. The van der Waals surface area contributed by atoms with E-state index in [0.717, 1.165) is 23.4 Å². The summed E-state index contributed by atoms with van der Waals surface area (Å²) < 4.78 is 5.15. The Kier molecular flexibility index (Phi) is 2.67. The van der Waals surface area contributed by atoms with Gasteiger partial charge in [-0.15, -0.1) is 5.10 Å². The molecular weight excluding hydrogens is 190 g/mol. The normalized spacial score (nSPS) is 10.3. The van der Waals surface area contributed by atoms with Crippen LogP contribution in [0, 0.1) is 6.92 Å². The minimum absolute atomic E-state index is 0.692. The van der Waals surface area contributed by atoms with Crippen LogP contribution in [0.4, 0.5) is 0 Å². The van der Waals surface area contributed by atoms with E-state index in [2.05, 4.69) is 22.3 Å². The van der Waals surface area contributed by atoms with Gasteiger partial charge in [0.2, 0.25) is 0 Å². The zero-order valence-electron chi connectivity index (χ0n) is 8.53. The van der Waals surface area contributed by atoms with Crippen LogP contribution in [-0.2, 0) is 6.42 Å². The van der Waals surface area contributed by atoms with Gasteiger partial charge in [-0.2, -0.15) is 0 Å². The third-order valence-electron chi connectivity index (χ3n) is 2.22. The predicted octanol–water partition coefficient (Wildman–Crippen LogP) is 1.59. The smallest absolute Gasteiger partial charge is 0.119 e. The van der Waals surface area contributed by atoms with Crippen molar-refractivity contribution < 1.29 is 4.74 Å². The minimum Gasteiger partial charge on any atom is -0.497 e. The number of aromatic amines is 1. The number of rotatable bonds is 3. The fraction of sp³-hybridized carbons (Fsp3) is 0.182. The SMILES string of the molecule is [CH2]c1nn[nH]c1Cc1cccc(OC)c1. The fourth-order valence-corrected chi connectivity index (χ4v) is 1.40. The van der Waals surface area contributed by atoms with Crippen LogP contribution < -0.4 is 4.74 Å². The highest BCUT2D eigenvalue weighted by atomic mass is 16.5. The molecule has 4 nitrogen and oxygen atoms in total. The van der Waals surface area contributed by atoms with E-state index in [0.29, 0.717) is 5.69 Å². The zero-order chi connectivity index (χ0) is 10.7. The quantitative estimate of drug-likeness (QED) is 0.822. The third kappa shape index (κ3) is 2.15. The Labute approximate surface area is 88.3 Å². The summed E-state index contributed by atoms with van der Waals surface area (Å²) in [6.07, 6.45) is 0.739. The van der Waals surface area contributed by atoms with Gasteiger partial charge in [0.25, 0.3) is 0 Å². The number of methoxy groups -OCH3 is 1. The van der Waals surface area contributed by atoms with Crippen molar-refractivity contribution >= 4 is 0 Å². The second kappa shape index (κ2) is 4.13. The van der Waals surface area contributed by atoms with Gasteiger partial charge in [0.05, 0.1) is 18.5 Å². The Bertz CT molecular complexity index is 451. The van der Waals surface area contributed by atoms with Gasteiger partial charge in [-0.25, -0.2) is 0 Å². The molecule has 0 aliphatic carbocycles. The number of nitrogens with one attached hydrogen (secondary N) is 1. The molecule has 0 spiro atoms. The second-order valence-electron chi connectivity index (χ2n) is 3.27. The first-order valence-corrected chi connectivity index (χ1v) is 4.64. The van der Waals surface area contributed by atoms with Crippen molar-refractivity contribution in [3.8, 4) is 5.75 Å². The predicted molar refractivity (Wildman–Crippen MR) is 56.6 cm³/mol. The molecule has 0 saturated carbocycles. The van der Waals surface area contributed by atoms with Gasteiger partial charge in [-0.1, -0.05) is 17.3 Å². The summed E-state index contributed by atoms with van der Waals surface area (Å²) in [5.74, 6) is 0.852. The minimum atomic E-state index is 0.692. The largest absolute Gasteiger partial charge is 0.497 e. The topological polar surface area (TPSA) is 50.8 Å². The number of hydrogen-bond donors (Lipinski definition) is 1. The van der Waals surface area contributed by atoms with Gasteiger partial charge >= 0.3 is 0 Å². The van der Waals surface area contributed by atoms with Crippen molar-refractivity contribution in [1.82, 2.24) is 15.4 Å². The third-order valence-corrected chi connectivity index (χ3v) is 2.22. The molecule has 15 heavy (non-hydrogen) atoms. The molecule has 1 radical (unpaired) electrons. The van der Waals surface area contributed by atoms with Crippen molar-refractivity contribution in [1.29, 1.82) is 0 Å². The molecule has 0 aliphatic heterocycles. The lowest BCUT2D eigenvalue weighted by Gasteiger charge is -2.03. The van der Waals surface area contributed by atoms with Crippen molar-refractivity contribution in [2.45, 2.75) is 6.42 Å². The highest BCUT2D eigenvalue weighted by Crippen LogP contribution is 2.15. The molecule has 2 aromatic rings. The zero-order valence-corrected chi connectivity index (χ0v) is 8.53. The Morgan fingerprint density at radius 2 is 2.33 bits per heavy atom. The van der Waals surface area contributed by atoms with Crippen LogP contribution in [0.5, 0.6) is 5.75 Å². The first kappa shape index (κ1) is 9.71. The lowest BCUT2D eigenvalue weighted by atomic mass is 10.1. The van der Waals surface area contributed by atoms with Crippen LogP contribution in [0.25, 0.3) is 0 Å². The number of benzene rings is 1. The van der Waals surface area contributed by atoms with Gasteiger partial charge in [0, 0.05) is 6.42 Å². The Morgan fingerprint density at radius 1 is 1.47 bits per heavy atom. The summed E-state index contributed by atoms with van der Waals surface area (Å²) in [6, 6.07) is 7.89. The monoisotopic (exact) mass is 202 g/mol. The first-order chi connectivity index (χ1) is 7.29. The molecule has 1 aromatic heterocycles. The van der Waals surface area contributed by atoms with Crippen LogP contribution in [0.2, 0.25) is 0 Å². The van der Waals surface area contributed by atoms with Crippen LogP contribution in [0.1, 0.15) is 17.0 Å². The molecule has 0 atom stereocenters. The number of ether oxygens (including phenoxy) is 1. The second-order valence-corrected chi connectivity index (χ2v) is 3.27. The molecule has 0 saturated heterocycles. The fourth-order valence-electron chi connectivity index (χ4n) is 1.40. The summed E-state index contributed by atoms with van der Waals surface area (Å²) in [7, 11) is 1.66. The van der Waals surface area contributed by atoms with Crippen LogP contribution >= 0.6 is 0 Å². The van der Waals surface area contributed by atoms with Crippen LogP contribution in [-0.4, -0.2) is 22.5 Å². The van der Waals surface area contributed by atoms with Gasteiger partial charge in [-0.3, -0.25) is 5.10 Å². The average Bonchev–Trinajstić information content (AvgIpc) is 2.65. The van der Waals surface area contributed by atoms with E-state index in [-0.39, 0.29) is 0 Å². The number of aromatic nitrogens is 3. The van der Waals surface area contributed by atoms with Gasteiger partial charge in [-0.05, 0) is 24.6 Å². The lowest BCUT2D eigenvalue weighted by molar-refractivity contribution is 0.414. The van der Waals surface area contributed by atoms with E-state index in [4.69, 9.17) is 4.74 Å². The molecule has 77 valence electrons. The maximum Gasteiger partial charge on any atom is 0.119 e. The van der Waals surface area contributed by atoms with Crippen LogP contribution in [0.15, 0.2) is 24.3 Å². The van der Waals surface area contributed by atoms with Crippen molar-refractivity contribution in [3.63, 3.8) is 0 Å². The van der Waals surface area contributed by atoms with Crippen molar-refractivity contribution in [3.05, 3.63) is 48.1 Å². The van der Waals surface area contributed by atoms with E-state index in [1.165, 1.54) is 0 Å². The number of nitrogens with zero attached hydrogens (tertiary/aromatic N) is 2. The first-order valence-electron chi connectivity index (χ1n) is 4.64. The summed E-state index contributed by atoms with van der Waals surface area (Å²) in [6.45, 7) is 3.78. The van der Waals surface area contributed by atoms with Gasteiger partial charge in [0.15, 0.2) is 0 Å². The highest BCUT2D eigenvalue weighted by Gasteiger charge is 2.03. The molecule has 0 bridgehead atoms. The molecule has 0 unspecified atom stereocenters. The molecule has 1 heterocycles. The van der Waals surface area contributed by atoms with E-state index < -0.39 is 0 Å². The van der Waals surface area contributed by atoms with Crippen molar-refractivity contribution in [2.75, 3.05) is 7.11 Å². The Hall–Kier alpha value is -1.84. The number of H-pyrrole nitrogens is 1. The van der Waals surface area contributed by atoms with Crippen LogP contribution in [0.3, 0.4) is 0 Å². The summed E-state index contributed by atoms with van der Waals surface area (Å²) in [4.78, 5) is 0. The Morgan fingerprint density at radius 3 is 3.00 bits per heavy atom. The molecule has 1 aromatic carbocycles. The van der Waals surface area contributed by atoms with E-state index in [9.17, 15) is 0 Å². The van der Waals surface area contributed by atoms with E-state index >= 15 is 0 Å². The highest BCUT2D eigenvalue weighted by molar-refractivity contribution is 5.31. The molecular formula is C11H12N3O. The Balaban J connectivity index is 2.21. The maximum atomic E-state index is 5.15. The van der Waals surface area contributed by atoms with Gasteiger partial charge < -0.3 is 4.74 Å². The molecule has 0 aliphatic rings. The van der Waals surface area contributed by atoms with E-state index in [1.54, 1.807) is 7.11 Å². The molecule has 4 heteroatoms. The number of hydrogen-bond acceptors (Lipinski definition) is 3. The summed E-state index contributed by atoms with van der Waals surface area (Å²) in [5, 5.41) is 10.3.